The number of amides is 3. The van der Waals surface area contributed by atoms with Gasteiger partial charge in [-0.25, -0.2) is 18.9 Å². The Labute approximate surface area is 171 Å². The van der Waals surface area contributed by atoms with E-state index < -0.39 is 65.2 Å². The number of hydrogen-bond acceptors (Lipinski definition) is 12. The third kappa shape index (κ3) is 5.30. The standard InChI is InChI=1S/C12H14N6O10S2/c13-11-15-4(3-29-11)7(17-28-2-6(19)20)9(21)16-8-5(1-27-12(14)23)18(10(8)22)30(24,25)26/h3,5,8H,1-2H2,(H2,13,15)(H2,14,23)(H,16,21)(H,19,20)(H,24,25,26)/t5-,8+/m1/s1. The van der Waals surface area contributed by atoms with Crippen molar-refractivity contribution in [1.29, 1.82) is 0 Å². The zero-order valence-corrected chi connectivity index (χ0v) is 16.3. The van der Waals surface area contributed by atoms with Crippen molar-refractivity contribution in [1.82, 2.24) is 14.6 Å². The highest BCUT2D eigenvalue weighted by Gasteiger charge is 2.54. The van der Waals surface area contributed by atoms with Crippen molar-refractivity contribution in [2.75, 3.05) is 18.9 Å². The third-order valence-electron chi connectivity index (χ3n) is 3.42. The fourth-order valence-corrected chi connectivity index (χ4v) is 3.67. The van der Waals surface area contributed by atoms with E-state index in [9.17, 15) is 27.6 Å². The molecule has 0 bridgehead atoms. The van der Waals surface area contributed by atoms with Crippen molar-refractivity contribution in [3.05, 3.63) is 11.1 Å². The molecule has 1 aromatic rings. The van der Waals surface area contributed by atoms with Crippen LogP contribution in [0.2, 0.25) is 0 Å². The van der Waals surface area contributed by atoms with Crippen LogP contribution in [0, 0.1) is 0 Å². The topological polar surface area (TPSA) is 254 Å². The van der Waals surface area contributed by atoms with Crippen LogP contribution in [0.15, 0.2) is 10.5 Å². The average Bonchev–Trinajstić information content (AvgIpc) is 3.04. The second-order valence-electron chi connectivity index (χ2n) is 5.44. The number of oxime groups is 1. The summed E-state index contributed by atoms with van der Waals surface area (Å²) in [6, 6.07) is -3.08. The van der Waals surface area contributed by atoms with Gasteiger partial charge >= 0.3 is 22.4 Å². The lowest BCUT2D eigenvalue weighted by atomic mass is 9.99. The number of carbonyl (C=O) groups is 4. The van der Waals surface area contributed by atoms with Crippen LogP contribution in [0.3, 0.4) is 0 Å². The molecule has 16 nitrogen and oxygen atoms in total. The van der Waals surface area contributed by atoms with Crippen LogP contribution in [0.25, 0.3) is 0 Å². The van der Waals surface area contributed by atoms with Gasteiger partial charge in [0.15, 0.2) is 10.8 Å². The summed E-state index contributed by atoms with van der Waals surface area (Å²) in [5.74, 6) is -3.76. The van der Waals surface area contributed by atoms with Crippen molar-refractivity contribution in [2.45, 2.75) is 12.1 Å². The summed E-state index contributed by atoms with van der Waals surface area (Å²) in [5, 5.41) is 15.4. The number of carboxylic acid groups (broad SMARTS) is 1. The van der Waals surface area contributed by atoms with Crippen LogP contribution in [0.5, 0.6) is 0 Å². The van der Waals surface area contributed by atoms with E-state index in [0.29, 0.717) is 0 Å². The molecule has 18 heteroatoms. The number of hydrogen-bond donors (Lipinski definition) is 5. The number of ether oxygens (including phenoxy) is 1. The number of carboxylic acids is 1. The molecule has 7 N–H and O–H groups in total. The number of nitrogens with two attached hydrogens (primary N) is 2. The zero-order chi connectivity index (χ0) is 22.6. The quantitative estimate of drug-likeness (QED) is 0.106. The van der Waals surface area contributed by atoms with Gasteiger partial charge in [0.25, 0.3) is 11.8 Å². The van der Waals surface area contributed by atoms with E-state index >= 15 is 0 Å². The fourth-order valence-electron chi connectivity index (χ4n) is 2.26. The largest absolute Gasteiger partial charge is 0.479 e. The van der Waals surface area contributed by atoms with Crippen molar-refractivity contribution in [3.63, 3.8) is 0 Å². The Morgan fingerprint density at radius 3 is 2.57 bits per heavy atom. The van der Waals surface area contributed by atoms with Crippen LogP contribution in [0.4, 0.5) is 9.93 Å². The highest BCUT2D eigenvalue weighted by Crippen LogP contribution is 2.24. The number of carbonyl (C=O) groups excluding carboxylic acids is 3. The number of nitrogen functional groups attached to an aromatic ring is 1. The molecule has 1 saturated heterocycles. The van der Waals surface area contributed by atoms with Crippen molar-refractivity contribution >= 4 is 56.4 Å². The van der Waals surface area contributed by atoms with Gasteiger partial charge in [0, 0.05) is 5.38 Å². The van der Waals surface area contributed by atoms with E-state index in [-0.39, 0.29) is 15.1 Å². The number of anilines is 1. The molecule has 2 heterocycles. The fraction of sp³-hybridized carbons (Fsp3) is 0.333. The van der Waals surface area contributed by atoms with E-state index in [1.165, 1.54) is 5.38 Å². The van der Waals surface area contributed by atoms with Gasteiger partial charge in [-0.1, -0.05) is 5.16 Å². The van der Waals surface area contributed by atoms with Crippen LogP contribution in [-0.2, 0) is 34.3 Å². The first-order valence-corrected chi connectivity index (χ1v) is 9.86. The Bertz CT molecular complexity index is 1000. The number of rotatable bonds is 9. The van der Waals surface area contributed by atoms with Gasteiger partial charge < -0.3 is 31.5 Å². The highest BCUT2D eigenvalue weighted by atomic mass is 32.2. The number of thiazole rings is 1. The predicted octanol–water partition coefficient (Wildman–Crippen LogP) is -2.88. The molecule has 1 aromatic heterocycles. The Hall–Kier alpha value is -3.51. The van der Waals surface area contributed by atoms with Gasteiger partial charge in [-0.3, -0.25) is 14.1 Å². The van der Waals surface area contributed by atoms with Crippen LogP contribution < -0.4 is 16.8 Å². The van der Waals surface area contributed by atoms with E-state index in [1.807, 2.05) is 0 Å². The maximum Gasteiger partial charge on any atom is 0.404 e. The Morgan fingerprint density at radius 2 is 2.07 bits per heavy atom. The smallest absolute Gasteiger partial charge is 0.404 e. The lowest BCUT2D eigenvalue weighted by Gasteiger charge is -2.43. The maximum absolute atomic E-state index is 12.6. The molecule has 0 spiro atoms. The van der Waals surface area contributed by atoms with Gasteiger partial charge in [0.2, 0.25) is 6.61 Å². The van der Waals surface area contributed by atoms with E-state index in [2.05, 4.69) is 25.0 Å². The van der Waals surface area contributed by atoms with Gasteiger partial charge in [0.05, 0.1) is 0 Å². The predicted molar refractivity (Wildman–Crippen MR) is 96.3 cm³/mol. The summed E-state index contributed by atoms with van der Waals surface area (Å²) in [6.07, 6.45) is -1.29. The van der Waals surface area contributed by atoms with Crippen molar-refractivity contribution in [3.8, 4) is 0 Å². The third-order valence-corrected chi connectivity index (χ3v) is 5.05. The first kappa shape index (κ1) is 22.8. The van der Waals surface area contributed by atoms with Crippen LogP contribution in [-0.4, -0.2) is 82.3 Å². The Morgan fingerprint density at radius 1 is 1.40 bits per heavy atom. The first-order valence-electron chi connectivity index (χ1n) is 7.58. The molecule has 3 amide bonds. The minimum Gasteiger partial charge on any atom is -0.479 e. The number of aliphatic carboxylic acids is 1. The van der Waals surface area contributed by atoms with Crippen molar-refractivity contribution in [2.24, 2.45) is 10.9 Å². The van der Waals surface area contributed by atoms with E-state index in [4.69, 9.17) is 21.1 Å². The van der Waals surface area contributed by atoms with Gasteiger partial charge in [-0.2, -0.15) is 8.42 Å². The highest BCUT2D eigenvalue weighted by molar-refractivity contribution is 7.84. The second kappa shape index (κ2) is 8.88. The molecule has 1 aliphatic rings. The van der Waals surface area contributed by atoms with Crippen LogP contribution >= 0.6 is 11.3 Å². The summed E-state index contributed by atoms with van der Waals surface area (Å²) in [6.45, 7) is -1.66. The first-order chi connectivity index (χ1) is 13.9. The number of nitrogens with zero attached hydrogens (tertiary/aromatic N) is 3. The summed E-state index contributed by atoms with van der Waals surface area (Å²) in [5.41, 5.74) is 9.58. The Balaban J connectivity index is 2.24. The zero-order valence-electron chi connectivity index (χ0n) is 14.6. The number of primary amides is 1. The molecular weight excluding hydrogens is 452 g/mol. The van der Waals surface area contributed by atoms with Crippen LogP contribution in [0.1, 0.15) is 5.69 Å². The van der Waals surface area contributed by atoms with Gasteiger partial charge in [0.1, 0.15) is 24.4 Å². The molecule has 0 saturated carbocycles. The molecular formula is C12H14N6O10S2. The second-order valence-corrected chi connectivity index (χ2v) is 7.62. The van der Waals surface area contributed by atoms with E-state index in [1.54, 1.807) is 0 Å². The normalized spacial score (nSPS) is 19.0. The average molecular weight is 466 g/mol. The lowest BCUT2D eigenvalue weighted by molar-refractivity contribution is -0.146. The molecule has 0 unspecified atom stereocenters. The Kier molecular flexibility index (Phi) is 6.74. The molecule has 1 fully saturated rings. The lowest BCUT2D eigenvalue weighted by Crippen LogP contribution is -2.73. The molecule has 0 radical (unpaired) electrons. The molecule has 30 heavy (non-hydrogen) atoms. The SMILES string of the molecule is NC(=O)OC[C@@H]1[C@H](NC(=O)C(=NOCC(=O)O)c2csc(N)n2)C(=O)N1S(=O)(=O)O. The minimum atomic E-state index is -5.02. The maximum atomic E-state index is 12.6. The molecule has 2 rings (SSSR count). The summed E-state index contributed by atoms with van der Waals surface area (Å²) < 4.78 is 36.2. The number of β-lactam (4-membered cyclic amide) rings is 1. The molecule has 0 aliphatic carbocycles. The van der Waals surface area contributed by atoms with Gasteiger partial charge in [-0.15, -0.1) is 11.3 Å². The summed E-state index contributed by atoms with van der Waals surface area (Å²) in [7, 11) is -5.02. The van der Waals surface area contributed by atoms with Crippen molar-refractivity contribution < 1.29 is 46.8 Å². The molecule has 2 atom stereocenters. The summed E-state index contributed by atoms with van der Waals surface area (Å²) in [4.78, 5) is 54.3. The molecule has 164 valence electrons. The number of nitrogens with one attached hydrogen (secondary N) is 1. The molecule has 1 aliphatic heterocycles. The minimum absolute atomic E-state index is 0.0144. The van der Waals surface area contributed by atoms with E-state index in [0.717, 1.165) is 11.3 Å². The molecule has 0 aromatic carbocycles. The number of aromatic nitrogens is 1. The summed E-state index contributed by atoms with van der Waals surface area (Å²) >= 11 is 0.920. The monoisotopic (exact) mass is 466 g/mol. The van der Waals surface area contributed by atoms with Gasteiger partial charge in [-0.05, 0) is 0 Å².